The first kappa shape index (κ1) is 16.0. The molecule has 1 aliphatic rings. The number of piperazine rings is 1. The minimum atomic E-state index is -0.432. The summed E-state index contributed by atoms with van der Waals surface area (Å²) in [4.78, 5) is 26.8. The first-order valence-electron chi connectivity index (χ1n) is 7.39. The molecule has 1 N–H and O–H groups in total. The molecule has 1 fully saturated rings. The van der Waals surface area contributed by atoms with Gasteiger partial charge in [0.1, 0.15) is 12.1 Å². The number of hydrogen-bond acceptors (Lipinski definition) is 2. The molecule has 0 spiro atoms. The van der Waals surface area contributed by atoms with Gasteiger partial charge in [-0.2, -0.15) is 0 Å². The predicted molar refractivity (Wildman–Crippen MR) is 87.3 cm³/mol. The second-order valence-corrected chi connectivity index (χ2v) is 6.22. The fraction of sp³-hybridized carbons (Fsp3) is 0.500. The number of nitrogens with zero attached hydrogens (tertiary/aromatic N) is 1. The molecule has 2 rings (SSSR count). The highest BCUT2D eigenvalue weighted by Crippen LogP contribution is 2.31. The standard InChI is InChI=1S/C16H21BrN2O2/c1-4-7-12-16(21)19(13(5-2)15(20)18-12)14-9-6-8-11(17)10(14)3/h6,8-9,12-13H,4-5,7H2,1-3H3,(H,18,20). The van der Waals surface area contributed by atoms with Crippen molar-refractivity contribution in [3.8, 4) is 0 Å². The van der Waals surface area contributed by atoms with Crippen molar-refractivity contribution in [3.05, 3.63) is 28.2 Å². The number of nitrogens with one attached hydrogen (secondary N) is 1. The Morgan fingerprint density at radius 3 is 2.62 bits per heavy atom. The van der Waals surface area contributed by atoms with E-state index in [1.165, 1.54) is 0 Å². The Kier molecular flexibility index (Phi) is 5.04. The monoisotopic (exact) mass is 352 g/mol. The van der Waals surface area contributed by atoms with E-state index in [1.807, 2.05) is 39.0 Å². The molecule has 2 atom stereocenters. The molecule has 114 valence electrons. The SMILES string of the molecule is CCCC1NC(=O)C(CC)N(c2cccc(Br)c2C)C1=O. The first-order valence-corrected chi connectivity index (χ1v) is 8.19. The van der Waals surface area contributed by atoms with Crippen LogP contribution in [0.15, 0.2) is 22.7 Å². The third kappa shape index (κ3) is 2.98. The highest BCUT2D eigenvalue weighted by atomic mass is 79.9. The second-order valence-electron chi connectivity index (χ2n) is 5.37. The van der Waals surface area contributed by atoms with Crippen LogP contribution in [0.1, 0.15) is 38.7 Å². The molecule has 1 saturated heterocycles. The lowest BCUT2D eigenvalue weighted by Gasteiger charge is -2.39. The summed E-state index contributed by atoms with van der Waals surface area (Å²) < 4.78 is 0.945. The topological polar surface area (TPSA) is 49.4 Å². The Morgan fingerprint density at radius 2 is 2.00 bits per heavy atom. The van der Waals surface area contributed by atoms with Gasteiger partial charge in [-0.3, -0.25) is 14.5 Å². The molecule has 0 radical (unpaired) electrons. The van der Waals surface area contributed by atoms with Crippen LogP contribution in [0.3, 0.4) is 0 Å². The van der Waals surface area contributed by atoms with Gasteiger partial charge in [0.15, 0.2) is 0 Å². The van der Waals surface area contributed by atoms with E-state index < -0.39 is 12.1 Å². The van der Waals surface area contributed by atoms with Gasteiger partial charge in [0.05, 0.1) is 0 Å². The Hall–Kier alpha value is -1.36. The maximum atomic E-state index is 12.8. The molecule has 1 aromatic rings. The highest BCUT2D eigenvalue weighted by Gasteiger charge is 2.40. The number of rotatable bonds is 4. The number of anilines is 1. The third-order valence-corrected chi connectivity index (χ3v) is 4.79. The van der Waals surface area contributed by atoms with Crippen molar-refractivity contribution in [1.82, 2.24) is 5.32 Å². The number of carbonyl (C=O) groups excluding carboxylic acids is 2. The quantitative estimate of drug-likeness (QED) is 0.904. The summed E-state index contributed by atoms with van der Waals surface area (Å²) in [6, 6.07) is 4.90. The molecule has 1 heterocycles. The van der Waals surface area contributed by atoms with Crippen LogP contribution in [0.25, 0.3) is 0 Å². The summed E-state index contributed by atoms with van der Waals surface area (Å²) >= 11 is 3.50. The summed E-state index contributed by atoms with van der Waals surface area (Å²) in [5.74, 6) is -0.0700. The zero-order valence-corrected chi connectivity index (χ0v) is 14.2. The van der Waals surface area contributed by atoms with E-state index in [0.29, 0.717) is 12.8 Å². The van der Waals surface area contributed by atoms with Crippen LogP contribution in [0, 0.1) is 6.92 Å². The number of benzene rings is 1. The molecular formula is C16H21BrN2O2. The normalized spacial score (nSPS) is 22.4. The number of amides is 2. The lowest BCUT2D eigenvalue weighted by atomic mass is 10.00. The van der Waals surface area contributed by atoms with E-state index in [4.69, 9.17) is 0 Å². The third-order valence-electron chi connectivity index (χ3n) is 3.93. The molecule has 1 aliphatic heterocycles. The first-order chi connectivity index (χ1) is 10.0. The van der Waals surface area contributed by atoms with E-state index >= 15 is 0 Å². The van der Waals surface area contributed by atoms with Crippen molar-refractivity contribution in [2.45, 2.75) is 52.1 Å². The van der Waals surface area contributed by atoms with Gasteiger partial charge in [-0.1, -0.05) is 42.3 Å². The van der Waals surface area contributed by atoms with E-state index in [2.05, 4.69) is 21.2 Å². The summed E-state index contributed by atoms with van der Waals surface area (Å²) in [7, 11) is 0. The van der Waals surface area contributed by atoms with Crippen molar-refractivity contribution in [3.63, 3.8) is 0 Å². The molecule has 2 unspecified atom stereocenters. The minimum Gasteiger partial charge on any atom is -0.342 e. The average molecular weight is 353 g/mol. The fourth-order valence-electron chi connectivity index (χ4n) is 2.76. The number of hydrogen-bond donors (Lipinski definition) is 1. The van der Waals surface area contributed by atoms with E-state index in [9.17, 15) is 9.59 Å². The van der Waals surface area contributed by atoms with E-state index in [1.54, 1.807) is 4.90 Å². The van der Waals surface area contributed by atoms with Crippen molar-refractivity contribution in [1.29, 1.82) is 0 Å². The van der Waals surface area contributed by atoms with Gasteiger partial charge in [-0.15, -0.1) is 0 Å². The van der Waals surface area contributed by atoms with Crippen molar-refractivity contribution >= 4 is 33.4 Å². The smallest absolute Gasteiger partial charge is 0.250 e. The lowest BCUT2D eigenvalue weighted by Crippen LogP contribution is -2.63. The molecule has 2 amide bonds. The highest BCUT2D eigenvalue weighted by molar-refractivity contribution is 9.10. The molecule has 0 aromatic heterocycles. The summed E-state index contributed by atoms with van der Waals surface area (Å²) in [5, 5.41) is 2.86. The molecule has 1 aromatic carbocycles. The molecule has 0 bridgehead atoms. The Labute approximate surface area is 134 Å². The largest absolute Gasteiger partial charge is 0.342 e. The van der Waals surface area contributed by atoms with Gasteiger partial charge in [-0.25, -0.2) is 0 Å². The van der Waals surface area contributed by atoms with Crippen LogP contribution in [0.5, 0.6) is 0 Å². The van der Waals surface area contributed by atoms with Gasteiger partial charge < -0.3 is 5.32 Å². The van der Waals surface area contributed by atoms with Gasteiger partial charge in [0.2, 0.25) is 11.8 Å². The van der Waals surface area contributed by atoms with Crippen LogP contribution in [0.2, 0.25) is 0 Å². The molecule has 5 heteroatoms. The average Bonchev–Trinajstić information content (AvgIpc) is 2.46. The predicted octanol–water partition coefficient (Wildman–Crippen LogP) is 3.17. The number of halogens is 1. The minimum absolute atomic E-state index is 0.00972. The maximum Gasteiger partial charge on any atom is 0.250 e. The van der Waals surface area contributed by atoms with Crippen LogP contribution in [0.4, 0.5) is 5.69 Å². The fourth-order valence-corrected chi connectivity index (χ4v) is 3.12. The summed E-state index contributed by atoms with van der Waals surface area (Å²) in [6.07, 6.45) is 2.13. The molecule has 4 nitrogen and oxygen atoms in total. The summed E-state index contributed by atoms with van der Waals surface area (Å²) in [6.45, 7) is 5.90. The van der Waals surface area contributed by atoms with Crippen molar-refractivity contribution < 1.29 is 9.59 Å². The Morgan fingerprint density at radius 1 is 1.29 bits per heavy atom. The van der Waals surface area contributed by atoms with E-state index in [-0.39, 0.29) is 11.8 Å². The van der Waals surface area contributed by atoms with Crippen LogP contribution in [-0.2, 0) is 9.59 Å². The molecular weight excluding hydrogens is 332 g/mol. The van der Waals surface area contributed by atoms with Crippen LogP contribution in [-0.4, -0.2) is 23.9 Å². The van der Waals surface area contributed by atoms with Crippen LogP contribution < -0.4 is 10.2 Å². The van der Waals surface area contributed by atoms with Gasteiger partial charge in [-0.05, 0) is 37.5 Å². The molecule has 0 saturated carbocycles. The van der Waals surface area contributed by atoms with E-state index in [0.717, 1.165) is 22.1 Å². The summed E-state index contributed by atoms with van der Waals surface area (Å²) in [5.41, 5.74) is 1.80. The number of carbonyl (C=O) groups is 2. The molecule has 0 aliphatic carbocycles. The Bertz CT molecular complexity index is 559. The zero-order chi connectivity index (χ0) is 15.6. The van der Waals surface area contributed by atoms with Gasteiger partial charge in [0.25, 0.3) is 0 Å². The van der Waals surface area contributed by atoms with Crippen molar-refractivity contribution in [2.75, 3.05) is 4.90 Å². The molecule has 21 heavy (non-hydrogen) atoms. The van der Waals surface area contributed by atoms with Gasteiger partial charge >= 0.3 is 0 Å². The van der Waals surface area contributed by atoms with Crippen LogP contribution >= 0.6 is 15.9 Å². The second kappa shape index (κ2) is 6.60. The lowest BCUT2D eigenvalue weighted by molar-refractivity contribution is -0.134. The zero-order valence-electron chi connectivity index (χ0n) is 12.6. The van der Waals surface area contributed by atoms with Gasteiger partial charge in [0, 0.05) is 10.2 Å². The van der Waals surface area contributed by atoms with Crippen molar-refractivity contribution in [2.24, 2.45) is 0 Å². The Balaban J connectivity index is 2.47. The maximum absolute atomic E-state index is 12.8.